The van der Waals surface area contributed by atoms with Crippen molar-refractivity contribution in [2.45, 2.75) is 32.4 Å². The molecule has 1 saturated heterocycles. The average Bonchev–Trinajstić information content (AvgIpc) is 3.04. The lowest BCUT2D eigenvalue weighted by Crippen LogP contribution is -2.37. The number of likely N-dealkylation sites (tertiary alicyclic amines) is 1. The molecule has 0 unspecified atom stereocenters. The fraction of sp³-hybridized carbons (Fsp3) is 0.455. The predicted octanol–water partition coefficient (Wildman–Crippen LogP) is 4.15. The molecule has 1 aliphatic carbocycles. The molecular weight excluding hydrogens is 370 g/mol. The third-order valence-electron chi connectivity index (χ3n) is 6.45. The number of rotatable bonds is 5. The highest BCUT2D eigenvalue weighted by molar-refractivity contribution is 7.07. The van der Waals surface area contributed by atoms with Crippen molar-refractivity contribution in [3.63, 3.8) is 0 Å². The van der Waals surface area contributed by atoms with Crippen molar-refractivity contribution in [3.05, 3.63) is 52.7 Å². The average molecular weight is 396 g/mol. The van der Waals surface area contributed by atoms with Gasteiger partial charge in [0.25, 0.3) is 0 Å². The number of para-hydroxylation sites is 1. The summed E-state index contributed by atoms with van der Waals surface area (Å²) in [6.45, 7) is 3.55. The van der Waals surface area contributed by atoms with Gasteiger partial charge in [-0.2, -0.15) is 0 Å². The van der Waals surface area contributed by atoms with E-state index in [1.54, 1.807) is 11.3 Å². The molecule has 2 fully saturated rings. The quantitative estimate of drug-likeness (QED) is 0.651. The topological polar surface area (TPSA) is 49.6 Å². The molecule has 0 bridgehead atoms. The molecule has 6 heteroatoms. The maximum absolute atomic E-state index is 12.8. The molecule has 3 heterocycles. The zero-order valence-electron chi connectivity index (χ0n) is 16.1. The van der Waals surface area contributed by atoms with E-state index in [1.165, 1.54) is 5.39 Å². The molecule has 0 radical (unpaired) electrons. The van der Waals surface area contributed by atoms with Crippen LogP contribution >= 0.6 is 11.3 Å². The van der Waals surface area contributed by atoms with Crippen molar-refractivity contribution < 1.29 is 9.21 Å². The standard InChI is InChI=1S/C22H25N3O2S/c1-24(12-17-14-28-15-23-17)21(26)19-11-22(19)6-8-25(9-7-22)13-18-10-16-4-2-3-5-20(16)27-18/h2-5,10,14-15,19H,6-9,11-13H2,1H3/t19-/m1/s1. The highest BCUT2D eigenvalue weighted by Gasteiger charge is 2.59. The lowest BCUT2D eigenvalue weighted by Gasteiger charge is -2.32. The van der Waals surface area contributed by atoms with E-state index in [0.717, 1.165) is 55.9 Å². The van der Waals surface area contributed by atoms with Crippen molar-refractivity contribution >= 4 is 28.2 Å². The Labute approximate surface area is 169 Å². The second-order valence-corrected chi connectivity index (χ2v) is 9.04. The van der Waals surface area contributed by atoms with E-state index < -0.39 is 0 Å². The molecule has 1 saturated carbocycles. The summed E-state index contributed by atoms with van der Waals surface area (Å²) in [7, 11) is 1.91. The van der Waals surface area contributed by atoms with Crippen LogP contribution in [0.1, 0.15) is 30.7 Å². The lowest BCUT2D eigenvalue weighted by atomic mass is 9.90. The van der Waals surface area contributed by atoms with Crippen LogP contribution in [0.25, 0.3) is 11.0 Å². The van der Waals surface area contributed by atoms with E-state index >= 15 is 0 Å². The number of amides is 1. The molecule has 146 valence electrons. The summed E-state index contributed by atoms with van der Waals surface area (Å²) in [5, 5.41) is 3.19. The summed E-state index contributed by atoms with van der Waals surface area (Å²) < 4.78 is 5.97. The van der Waals surface area contributed by atoms with Crippen molar-refractivity contribution in [2.75, 3.05) is 20.1 Å². The van der Waals surface area contributed by atoms with Crippen LogP contribution in [-0.4, -0.2) is 40.8 Å². The van der Waals surface area contributed by atoms with Gasteiger partial charge < -0.3 is 9.32 Å². The number of piperidine rings is 1. The highest BCUT2D eigenvalue weighted by atomic mass is 32.1. The van der Waals surface area contributed by atoms with Gasteiger partial charge >= 0.3 is 0 Å². The van der Waals surface area contributed by atoms with E-state index in [-0.39, 0.29) is 11.3 Å². The Bertz CT molecular complexity index is 940. The summed E-state index contributed by atoms with van der Waals surface area (Å²) in [6.07, 6.45) is 3.26. The minimum atomic E-state index is 0.199. The minimum absolute atomic E-state index is 0.199. The number of carbonyl (C=O) groups excluding carboxylic acids is 1. The van der Waals surface area contributed by atoms with Crippen LogP contribution in [0.5, 0.6) is 0 Å². The third kappa shape index (κ3) is 3.35. The normalized spacial score (nSPS) is 21.2. The molecule has 1 amide bonds. The van der Waals surface area contributed by atoms with E-state index in [1.807, 2.05) is 41.0 Å². The predicted molar refractivity (Wildman–Crippen MR) is 110 cm³/mol. The summed E-state index contributed by atoms with van der Waals surface area (Å²) in [5.74, 6) is 1.52. The highest BCUT2D eigenvalue weighted by Crippen LogP contribution is 2.60. The van der Waals surface area contributed by atoms with E-state index in [2.05, 4.69) is 22.0 Å². The Morgan fingerprint density at radius 3 is 2.93 bits per heavy atom. The number of nitrogens with zero attached hydrogens (tertiary/aromatic N) is 3. The number of hydrogen-bond donors (Lipinski definition) is 0. The Morgan fingerprint density at radius 1 is 1.36 bits per heavy atom. The van der Waals surface area contributed by atoms with Gasteiger partial charge in [-0.15, -0.1) is 11.3 Å². The number of benzene rings is 1. The van der Waals surface area contributed by atoms with Crippen LogP contribution < -0.4 is 0 Å². The third-order valence-corrected chi connectivity index (χ3v) is 7.09. The molecule has 5 rings (SSSR count). The molecule has 5 nitrogen and oxygen atoms in total. The Balaban J connectivity index is 1.15. The molecule has 1 atom stereocenters. The second-order valence-electron chi connectivity index (χ2n) is 8.32. The number of fused-ring (bicyclic) bond motifs is 1. The van der Waals surface area contributed by atoms with Crippen LogP contribution in [-0.2, 0) is 17.9 Å². The van der Waals surface area contributed by atoms with E-state index in [4.69, 9.17) is 4.42 Å². The maximum Gasteiger partial charge on any atom is 0.226 e. The number of thiazole rings is 1. The summed E-state index contributed by atoms with van der Waals surface area (Å²) >= 11 is 1.58. The Morgan fingerprint density at radius 2 is 2.18 bits per heavy atom. The van der Waals surface area contributed by atoms with Crippen molar-refractivity contribution in [1.82, 2.24) is 14.8 Å². The van der Waals surface area contributed by atoms with Crippen molar-refractivity contribution in [1.29, 1.82) is 0 Å². The molecule has 1 spiro atoms. The number of aromatic nitrogens is 1. The van der Waals surface area contributed by atoms with Crippen LogP contribution in [0.3, 0.4) is 0 Å². The minimum Gasteiger partial charge on any atom is -0.460 e. The molecule has 1 aliphatic heterocycles. The number of hydrogen-bond acceptors (Lipinski definition) is 5. The van der Waals surface area contributed by atoms with E-state index in [9.17, 15) is 4.79 Å². The van der Waals surface area contributed by atoms with Gasteiger partial charge in [0, 0.05) is 23.7 Å². The molecule has 28 heavy (non-hydrogen) atoms. The Kier molecular flexibility index (Phi) is 4.48. The van der Waals surface area contributed by atoms with Gasteiger partial charge in [-0.1, -0.05) is 18.2 Å². The van der Waals surface area contributed by atoms with Crippen molar-refractivity contribution in [2.24, 2.45) is 11.3 Å². The van der Waals surface area contributed by atoms with Gasteiger partial charge in [-0.05, 0) is 49.9 Å². The molecule has 3 aromatic rings. The molecule has 2 aromatic heterocycles. The first-order valence-corrected chi connectivity index (χ1v) is 10.9. The van der Waals surface area contributed by atoms with Crippen molar-refractivity contribution in [3.8, 4) is 0 Å². The first-order valence-electron chi connectivity index (χ1n) is 9.95. The van der Waals surface area contributed by atoms with Gasteiger partial charge in [0.2, 0.25) is 5.91 Å². The van der Waals surface area contributed by atoms with Crippen LogP contribution in [0.15, 0.2) is 45.6 Å². The number of furan rings is 1. The zero-order valence-corrected chi connectivity index (χ0v) is 17.0. The lowest BCUT2D eigenvalue weighted by molar-refractivity contribution is -0.133. The summed E-state index contributed by atoms with van der Waals surface area (Å²) in [6, 6.07) is 10.3. The van der Waals surface area contributed by atoms with Crippen LogP contribution in [0, 0.1) is 11.3 Å². The van der Waals surface area contributed by atoms with Gasteiger partial charge in [0.1, 0.15) is 11.3 Å². The zero-order chi connectivity index (χ0) is 19.1. The summed E-state index contributed by atoms with van der Waals surface area (Å²) in [5.41, 5.74) is 4.00. The van der Waals surface area contributed by atoms with Gasteiger partial charge in [-0.25, -0.2) is 4.98 Å². The van der Waals surface area contributed by atoms with Crippen LogP contribution in [0.2, 0.25) is 0 Å². The van der Waals surface area contributed by atoms with Crippen LogP contribution in [0.4, 0.5) is 0 Å². The van der Waals surface area contributed by atoms with Gasteiger partial charge in [0.05, 0.1) is 24.3 Å². The Hall–Kier alpha value is -2.18. The molecule has 1 aromatic carbocycles. The SMILES string of the molecule is CN(Cc1cscn1)C(=O)[C@H]1CC12CCN(Cc1cc3ccccc3o1)CC2. The largest absolute Gasteiger partial charge is 0.460 e. The number of carbonyl (C=O) groups is 1. The summed E-state index contributed by atoms with van der Waals surface area (Å²) in [4.78, 5) is 21.5. The van der Waals surface area contributed by atoms with Gasteiger partial charge in [0.15, 0.2) is 0 Å². The van der Waals surface area contributed by atoms with E-state index in [0.29, 0.717) is 12.5 Å². The first kappa shape index (κ1) is 17.9. The van der Waals surface area contributed by atoms with Gasteiger partial charge in [-0.3, -0.25) is 9.69 Å². The first-order chi connectivity index (χ1) is 13.6. The maximum atomic E-state index is 12.8. The molecule has 0 N–H and O–H groups in total. The molecule has 2 aliphatic rings. The monoisotopic (exact) mass is 395 g/mol. The molecular formula is C22H25N3O2S. The fourth-order valence-electron chi connectivity index (χ4n) is 4.64. The second kappa shape index (κ2) is 7.01. The fourth-order valence-corrected chi connectivity index (χ4v) is 5.19. The smallest absolute Gasteiger partial charge is 0.226 e.